The number of hydrogen-bond donors (Lipinski definition) is 1. The number of nitrogens with zero attached hydrogens (tertiary/aromatic N) is 2. The summed E-state index contributed by atoms with van der Waals surface area (Å²) in [6.45, 7) is 0. The molecule has 6 nitrogen and oxygen atoms in total. The van der Waals surface area contributed by atoms with Crippen molar-refractivity contribution in [2.75, 3.05) is 5.32 Å². The van der Waals surface area contributed by atoms with Crippen LogP contribution in [-0.2, 0) is 4.79 Å². The number of anilines is 1. The molecule has 0 radical (unpaired) electrons. The lowest BCUT2D eigenvalue weighted by molar-refractivity contribution is -0.384. The number of amides is 1. The van der Waals surface area contributed by atoms with Gasteiger partial charge in [0.2, 0.25) is 5.91 Å². The molecule has 1 aromatic carbocycles. The first-order valence-electron chi connectivity index (χ1n) is 6.01. The van der Waals surface area contributed by atoms with E-state index in [0.29, 0.717) is 11.3 Å². The van der Waals surface area contributed by atoms with Crippen LogP contribution in [0.15, 0.2) is 42.6 Å². The van der Waals surface area contributed by atoms with Crippen LogP contribution in [0.3, 0.4) is 0 Å². The van der Waals surface area contributed by atoms with Crippen molar-refractivity contribution in [2.45, 2.75) is 0 Å². The summed E-state index contributed by atoms with van der Waals surface area (Å²) in [6.07, 6.45) is 4.17. The standard InChI is InChI=1S/C14H9Cl2N3O3/c15-10-5-3-9(8-12(10)19(21)22)4-6-13(20)18-11-2-1-7-17-14(11)16/h1-8H,(H,18,20). The van der Waals surface area contributed by atoms with E-state index >= 15 is 0 Å². The van der Waals surface area contributed by atoms with E-state index in [1.54, 1.807) is 18.2 Å². The van der Waals surface area contributed by atoms with Gasteiger partial charge < -0.3 is 5.32 Å². The predicted octanol–water partition coefficient (Wildman–Crippen LogP) is 3.95. The topological polar surface area (TPSA) is 85.1 Å². The van der Waals surface area contributed by atoms with Crippen molar-refractivity contribution >= 4 is 46.6 Å². The van der Waals surface area contributed by atoms with Crippen LogP contribution in [-0.4, -0.2) is 15.8 Å². The average Bonchev–Trinajstić information content (AvgIpc) is 2.48. The summed E-state index contributed by atoms with van der Waals surface area (Å²) < 4.78 is 0. The molecule has 1 amide bonds. The number of nitro benzene ring substituents is 1. The monoisotopic (exact) mass is 337 g/mol. The quantitative estimate of drug-likeness (QED) is 0.396. The van der Waals surface area contributed by atoms with E-state index in [1.165, 1.54) is 30.5 Å². The first-order chi connectivity index (χ1) is 10.5. The van der Waals surface area contributed by atoms with Gasteiger partial charge in [-0.25, -0.2) is 4.98 Å². The fraction of sp³-hybridized carbons (Fsp3) is 0. The SMILES string of the molecule is O=C(C=Cc1ccc(Cl)c([N+](=O)[O-])c1)Nc1cccnc1Cl. The van der Waals surface area contributed by atoms with E-state index in [4.69, 9.17) is 23.2 Å². The summed E-state index contributed by atoms with van der Waals surface area (Å²) in [6, 6.07) is 7.48. The molecule has 112 valence electrons. The second-order valence-electron chi connectivity index (χ2n) is 4.13. The molecule has 0 aliphatic rings. The number of pyridine rings is 1. The molecule has 2 aromatic rings. The van der Waals surface area contributed by atoms with Crippen LogP contribution in [0.1, 0.15) is 5.56 Å². The lowest BCUT2D eigenvalue weighted by atomic mass is 10.2. The van der Waals surface area contributed by atoms with Crippen molar-refractivity contribution < 1.29 is 9.72 Å². The predicted molar refractivity (Wildman–Crippen MR) is 85.0 cm³/mol. The van der Waals surface area contributed by atoms with Gasteiger partial charge in [-0.2, -0.15) is 0 Å². The van der Waals surface area contributed by atoms with Gasteiger partial charge in [0.05, 0.1) is 10.6 Å². The Balaban J connectivity index is 2.12. The van der Waals surface area contributed by atoms with Crippen molar-refractivity contribution in [3.8, 4) is 0 Å². The second-order valence-corrected chi connectivity index (χ2v) is 4.90. The first kappa shape index (κ1) is 15.9. The molecule has 0 atom stereocenters. The Labute approximate surface area is 135 Å². The fourth-order valence-electron chi connectivity index (χ4n) is 1.60. The number of benzene rings is 1. The Morgan fingerprint density at radius 2 is 2.09 bits per heavy atom. The number of aromatic nitrogens is 1. The van der Waals surface area contributed by atoms with Crippen LogP contribution in [0, 0.1) is 10.1 Å². The van der Waals surface area contributed by atoms with Crippen LogP contribution in [0.4, 0.5) is 11.4 Å². The highest BCUT2D eigenvalue weighted by Gasteiger charge is 2.11. The van der Waals surface area contributed by atoms with Gasteiger partial charge in [0.15, 0.2) is 5.15 Å². The van der Waals surface area contributed by atoms with Crippen molar-refractivity contribution in [3.63, 3.8) is 0 Å². The van der Waals surface area contributed by atoms with Gasteiger partial charge in [0.1, 0.15) is 5.02 Å². The van der Waals surface area contributed by atoms with Gasteiger partial charge in [-0.05, 0) is 29.8 Å². The Kier molecular flexibility index (Phi) is 5.08. The van der Waals surface area contributed by atoms with E-state index < -0.39 is 10.8 Å². The highest BCUT2D eigenvalue weighted by molar-refractivity contribution is 6.33. The van der Waals surface area contributed by atoms with Crippen LogP contribution >= 0.6 is 23.2 Å². The molecule has 1 N–H and O–H groups in total. The summed E-state index contributed by atoms with van der Waals surface area (Å²) in [5, 5.41) is 13.5. The molecular formula is C14H9Cl2N3O3. The third-order valence-corrected chi connectivity index (χ3v) is 3.23. The molecule has 0 spiro atoms. The number of hydrogen-bond acceptors (Lipinski definition) is 4. The number of carbonyl (C=O) groups excluding carboxylic acids is 1. The second kappa shape index (κ2) is 7.02. The normalized spacial score (nSPS) is 10.6. The minimum absolute atomic E-state index is 0.0359. The van der Waals surface area contributed by atoms with Gasteiger partial charge >= 0.3 is 0 Å². The summed E-state index contributed by atoms with van der Waals surface area (Å²) in [5.41, 5.74) is 0.629. The fourth-order valence-corrected chi connectivity index (χ4v) is 1.95. The van der Waals surface area contributed by atoms with Crippen LogP contribution in [0.25, 0.3) is 6.08 Å². The molecule has 0 saturated carbocycles. The molecule has 0 unspecified atom stereocenters. The Hall–Kier alpha value is -2.44. The van der Waals surface area contributed by atoms with E-state index in [1.807, 2.05) is 0 Å². The van der Waals surface area contributed by atoms with E-state index in [2.05, 4.69) is 10.3 Å². The molecule has 8 heteroatoms. The molecular weight excluding hydrogens is 329 g/mol. The first-order valence-corrected chi connectivity index (χ1v) is 6.76. The molecule has 0 fully saturated rings. The van der Waals surface area contributed by atoms with E-state index in [0.717, 1.165) is 0 Å². The maximum Gasteiger partial charge on any atom is 0.288 e. The zero-order valence-corrected chi connectivity index (χ0v) is 12.5. The smallest absolute Gasteiger partial charge is 0.288 e. The number of rotatable bonds is 4. The van der Waals surface area contributed by atoms with E-state index in [-0.39, 0.29) is 15.9 Å². The Morgan fingerprint density at radius 3 is 2.77 bits per heavy atom. The number of halogens is 2. The molecule has 2 rings (SSSR count). The maximum atomic E-state index is 11.8. The average molecular weight is 338 g/mol. The van der Waals surface area contributed by atoms with Crippen molar-refractivity contribution in [1.29, 1.82) is 0 Å². The van der Waals surface area contributed by atoms with Crippen LogP contribution in [0.2, 0.25) is 10.2 Å². The van der Waals surface area contributed by atoms with Gasteiger partial charge in [0, 0.05) is 18.3 Å². The molecule has 0 bridgehead atoms. The highest BCUT2D eigenvalue weighted by Crippen LogP contribution is 2.25. The molecule has 0 saturated heterocycles. The van der Waals surface area contributed by atoms with Crippen LogP contribution < -0.4 is 5.32 Å². The highest BCUT2D eigenvalue weighted by atomic mass is 35.5. The van der Waals surface area contributed by atoms with Crippen LogP contribution in [0.5, 0.6) is 0 Å². The molecule has 1 aromatic heterocycles. The largest absolute Gasteiger partial charge is 0.320 e. The Bertz CT molecular complexity index is 763. The summed E-state index contributed by atoms with van der Waals surface area (Å²) in [5.74, 6) is -0.437. The minimum Gasteiger partial charge on any atom is -0.320 e. The van der Waals surface area contributed by atoms with E-state index in [9.17, 15) is 14.9 Å². The minimum atomic E-state index is -0.588. The molecule has 0 aliphatic heterocycles. The summed E-state index contributed by atoms with van der Waals surface area (Å²) >= 11 is 11.5. The number of nitrogens with one attached hydrogen (secondary N) is 1. The molecule has 22 heavy (non-hydrogen) atoms. The number of carbonyl (C=O) groups is 1. The van der Waals surface area contributed by atoms with Crippen molar-refractivity contribution in [2.24, 2.45) is 0 Å². The van der Waals surface area contributed by atoms with Gasteiger partial charge in [-0.1, -0.05) is 29.3 Å². The van der Waals surface area contributed by atoms with Crippen molar-refractivity contribution in [1.82, 2.24) is 4.98 Å². The maximum absolute atomic E-state index is 11.8. The molecule has 1 heterocycles. The number of nitro groups is 1. The Morgan fingerprint density at radius 1 is 1.32 bits per heavy atom. The third kappa shape index (κ3) is 4.03. The zero-order valence-electron chi connectivity index (χ0n) is 11.0. The summed E-state index contributed by atoms with van der Waals surface area (Å²) in [7, 11) is 0. The van der Waals surface area contributed by atoms with Crippen molar-refractivity contribution in [3.05, 3.63) is 68.5 Å². The lowest BCUT2D eigenvalue weighted by Gasteiger charge is -2.03. The zero-order chi connectivity index (χ0) is 16.1. The molecule has 0 aliphatic carbocycles. The third-order valence-electron chi connectivity index (χ3n) is 2.61. The van der Waals surface area contributed by atoms with Gasteiger partial charge in [-0.15, -0.1) is 0 Å². The van der Waals surface area contributed by atoms with Gasteiger partial charge in [0.25, 0.3) is 5.69 Å². The lowest BCUT2D eigenvalue weighted by Crippen LogP contribution is -2.08. The van der Waals surface area contributed by atoms with Gasteiger partial charge in [-0.3, -0.25) is 14.9 Å². The summed E-state index contributed by atoms with van der Waals surface area (Å²) in [4.78, 5) is 25.8.